The number of hydrogen-bond acceptors (Lipinski definition) is 8. The van der Waals surface area contributed by atoms with Gasteiger partial charge in [0.2, 0.25) is 11.7 Å². The molecule has 0 saturated heterocycles. The first-order chi connectivity index (χ1) is 10.6. The average molecular weight is 298 g/mol. The molecule has 0 bridgehead atoms. The van der Waals surface area contributed by atoms with Crippen LogP contribution in [0, 0.1) is 0 Å². The number of guanidine groups is 1. The molecule has 0 spiro atoms. The van der Waals surface area contributed by atoms with E-state index in [1.165, 1.54) is 24.7 Å². The first-order valence-electron chi connectivity index (χ1n) is 6.18. The molecule has 110 valence electrons. The Labute approximate surface area is 124 Å². The first kappa shape index (κ1) is 13.5. The number of aromatic nitrogens is 2. The summed E-state index contributed by atoms with van der Waals surface area (Å²) < 4.78 is 0. The Bertz CT molecular complexity index is 750. The lowest BCUT2D eigenvalue weighted by atomic mass is 10.0. The van der Waals surface area contributed by atoms with Gasteiger partial charge in [0.05, 0.1) is 17.6 Å². The molecule has 10 nitrogen and oxygen atoms in total. The maximum atomic E-state index is 12.2. The van der Waals surface area contributed by atoms with Gasteiger partial charge >= 0.3 is 6.03 Å². The molecule has 1 unspecified atom stereocenters. The molecular formula is C12H10N8O2. The number of aliphatic imine (C=N–C) groups is 1. The van der Waals surface area contributed by atoms with Crippen LogP contribution in [0.3, 0.4) is 0 Å². The molecule has 0 saturated carbocycles. The summed E-state index contributed by atoms with van der Waals surface area (Å²) in [6.45, 7) is 0. The number of anilines is 1. The highest BCUT2D eigenvalue weighted by molar-refractivity contribution is 6.07. The van der Waals surface area contributed by atoms with E-state index < -0.39 is 17.9 Å². The maximum Gasteiger partial charge on any atom is 0.324 e. The smallest absolute Gasteiger partial charge is 0.324 e. The minimum Gasteiger partial charge on any atom is -0.367 e. The van der Waals surface area contributed by atoms with Gasteiger partial charge in [0, 0.05) is 12.4 Å². The largest absolute Gasteiger partial charge is 0.367 e. The molecule has 2 amide bonds. The Morgan fingerprint density at radius 2 is 2.05 bits per heavy atom. The van der Waals surface area contributed by atoms with Gasteiger partial charge in [0.25, 0.3) is 0 Å². The summed E-state index contributed by atoms with van der Waals surface area (Å²) in [5.41, 5.74) is 5.88. The van der Waals surface area contributed by atoms with Gasteiger partial charge in [-0.05, 0) is 12.2 Å². The molecule has 0 aromatic carbocycles. The number of nitrogens with two attached hydrogens (primary N) is 1. The van der Waals surface area contributed by atoms with Gasteiger partial charge < -0.3 is 11.1 Å². The van der Waals surface area contributed by atoms with Crippen LogP contribution >= 0.6 is 0 Å². The van der Waals surface area contributed by atoms with Gasteiger partial charge in [-0.25, -0.2) is 14.8 Å². The Hall–Kier alpha value is -3.43. The zero-order valence-electron chi connectivity index (χ0n) is 11.1. The molecule has 4 N–H and O–H groups in total. The third kappa shape index (κ3) is 2.70. The van der Waals surface area contributed by atoms with Crippen molar-refractivity contribution in [2.75, 3.05) is 5.32 Å². The second-order valence-electron chi connectivity index (χ2n) is 4.30. The predicted molar refractivity (Wildman–Crippen MR) is 75.6 cm³/mol. The Morgan fingerprint density at radius 1 is 1.18 bits per heavy atom. The molecule has 10 heteroatoms. The van der Waals surface area contributed by atoms with E-state index in [0.717, 1.165) is 0 Å². The molecule has 1 atom stereocenters. The number of nitrogens with zero attached hydrogens (tertiary/aromatic N) is 5. The van der Waals surface area contributed by atoms with Gasteiger partial charge in [0.15, 0.2) is 11.9 Å². The van der Waals surface area contributed by atoms with Crippen LogP contribution in [-0.4, -0.2) is 33.8 Å². The third-order valence-corrected chi connectivity index (χ3v) is 2.80. The van der Waals surface area contributed by atoms with Crippen molar-refractivity contribution in [1.82, 2.24) is 15.3 Å². The van der Waals surface area contributed by atoms with E-state index in [9.17, 15) is 9.59 Å². The summed E-state index contributed by atoms with van der Waals surface area (Å²) >= 11 is 0. The summed E-state index contributed by atoms with van der Waals surface area (Å²) in [5, 5.41) is 12.2. The van der Waals surface area contributed by atoms with E-state index in [0.29, 0.717) is 5.70 Å². The van der Waals surface area contributed by atoms with E-state index in [4.69, 9.17) is 5.73 Å². The number of hydrogen-bond donors (Lipinski definition) is 3. The van der Waals surface area contributed by atoms with Crippen molar-refractivity contribution in [2.24, 2.45) is 21.0 Å². The number of rotatable bonds is 2. The molecule has 1 aliphatic carbocycles. The fourth-order valence-corrected chi connectivity index (χ4v) is 1.84. The fourth-order valence-electron chi connectivity index (χ4n) is 1.84. The van der Waals surface area contributed by atoms with Crippen LogP contribution in [-0.2, 0) is 4.79 Å². The molecule has 1 aliphatic heterocycles. The number of fused-ring (bicyclic) bond motifs is 1. The van der Waals surface area contributed by atoms with E-state index >= 15 is 0 Å². The van der Waals surface area contributed by atoms with Gasteiger partial charge in [-0.15, -0.1) is 10.2 Å². The van der Waals surface area contributed by atoms with Gasteiger partial charge in [-0.2, -0.15) is 0 Å². The van der Waals surface area contributed by atoms with Crippen LogP contribution in [0.2, 0.25) is 0 Å². The van der Waals surface area contributed by atoms with Gasteiger partial charge in [-0.1, -0.05) is 0 Å². The number of allylic oxidation sites excluding steroid dienone is 2. The van der Waals surface area contributed by atoms with Crippen molar-refractivity contribution in [2.45, 2.75) is 6.04 Å². The summed E-state index contributed by atoms with van der Waals surface area (Å²) in [7, 11) is 0. The molecule has 0 radical (unpaired) electrons. The number of azo groups is 1. The van der Waals surface area contributed by atoms with Crippen LogP contribution < -0.4 is 16.4 Å². The lowest BCUT2D eigenvalue weighted by Gasteiger charge is -2.20. The van der Waals surface area contributed by atoms with Crippen LogP contribution in [0.1, 0.15) is 0 Å². The molecule has 1 aromatic heterocycles. The quantitative estimate of drug-likeness (QED) is 0.708. The average Bonchev–Trinajstić information content (AvgIpc) is 2.51. The Morgan fingerprint density at radius 3 is 2.82 bits per heavy atom. The topological polar surface area (TPSA) is 147 Å². The molecule has 22 heavy (non-hydrogen) atoms. The summed E-state index contributed by atoms with van der Waals surface area (Å²) in [4.78, 5) is 35.7. The second-order valence-corrected chi connectivity index (χ2v) is 4.30. The van der Waals surface area contributed by atoms with Crippen molar-refractivity contribution in [3.63, 3.8) is 0 Å². The number of amides is 2. The summed E-state index contributed by atoms with van der Waals surface area (Å²) in [5.74, 6) is -0.247. The molecular weight excluding hydrogens is 288 g/mol. The van der Waals surface area contributed by atoms with Crippen LogP contribution in [0.5, 0.6) is 0 Å². The summed E-state index contributed by atoms with van der Waals surface area (Å²) in [6.07, 6.45) is 7.26. The molecule has 2 aliphatic rings. The molecule has 0 fully saturated rings. The highest BCUT2D eigenvalue weighted by atomic mass is 16.2. The zero-order chi connectivity index (χ0) is 15.5. The highest BCUT2D eigenvalue weighted by Gasteiger charge is 2.31. The van der Waals surface area contributed by atoms with E-state index in [2.05, 4.69) is 35.8 Å². The number of Topliss-reactive ketones (excluding diaryl/α,β-unsaturated/α-hetero) is 1. The van der Waals surface area contributed by atoms with Crippen LogP contribution in [0.15, 0.2) is 57.4 Å². The number of nitrogens with one attached hydrogen (secondary N) is 2. The first-order valence-corrected chi connectivity index (χ1v) is 6.18. The van der Waals surface area contributed by atoms with Crippen molar-refractivity contribution in [1.29, 1.82) is 0 Å². The molecule has 2 heterocycles. The highest BCUT2D eigenvalue weighted by Crippen LogP contribution is 2.21. The maximum absolute atomic E-state index is 12.2. The minimum absolute atomic E-state index is 0.0730. The minimum atomic E-state index is -0.880. The van der Waals surface area contributed by atoms with Gasteiger partial charge in [0.1, 0.15) is 0 Å². The number of urea groups is 1. The third-order valence-electron chi connectivity index (χ3n) is 2.80. The molecule has 3 rings (SSSR count). The lowest BCUT2D eigenvalue weighted by Crippen LogP contribution is -2.38. The molecule has 1 aromatic rings. The summed E-state index contributed by atoms with van der Waals surface area (Å²) in [6, 6.07) is -1.50. The van der Waals surface area contributed by atoms with Crippen molar-refractivity contribution < 1.29 is 9.59 Å². The number of carbonyl (C=O) groups is 2. The zero-order valence-corrected chi connectivity index (χ0v) is 11.1. The van der Waals surface area contributed by atoms with E-state index in [-0.39, 0.29) is 17.5 Å². The Kier molecular flexibility index (Phi) is 3.40. The predicted octanol–water partition coefficient (Wildman–Crippen LogP) is 0.0977. The number of carbonyl (C=O) groups excluding carboxylic acids is 2. The van der Waals surface area contributed by atoms with E-state index in [1.807, 2.05) is 0 Å². The standard InChI is InChI=1S/C12H10N8O2/c13-11-18-9-6(19-20-11)1-2-7(10(9)21)16-12(22)17-8-5-14-3-4-15-8/h1-5,9H,(H2,13,18)(H2,15,16,17,22). The van der Waals surface area contributed by atoms with Crippen molar-refractivity contribution >= 4 is 23.6 Å². The normalized spacial score (nSPS) is 19.5. The van der Waals surface area contributed by atoms with Crippen molar-refractivity contribution in [3.8, 4) is 0 Å². The van der Waals surface area contributed by atoms with Crippen LogP contribution in [0.4, 0.5) is 10.6 Å². The van der Waals surface area contributed by atoms with E-state index in [1.54, 1.807) is 6.08 Å². The van der Waals surface area contributed by atoms with Gasteiger partial charge in [-0.3, -0.25) is 15.1 Å². The van der Waals surface area contributed by atoms with Crippen LogP contribution in [0.25, 0.3) is 0 Å². The SMILES string of the molecule is NC1=NC2C(=O)C(NC(=O)Nc3cnccn3)=CC=C2N=N1. The monoisotopic (exact) mass is 298 g/mol. The number of ketones is 1. The Balaban J connectivity index is 1.72. The second kappa shape index (κ2) is 5.52. The lowest BCUT2D eigenvalue weighted by molar-refractivity contribution is -0.116. The fraction of sp³-hybridized carbons (Fsp3) is 0.0833. The van der Waals surface area contributed by atoms with Crippen molar-refractivity contribution in [3.05, 3.63) is 42.1 Å².